The molecule has 0 unspecified atom stereocenters. The largest absolute Gasteiger partial charge is 0.469 e. The lowest BCUT2D eigenvalue weighted by Crippen LogP contribution is -2.06. The lowest BCUT2D eigenvalue weighted by Gasteiger charge is -2.08. The van der Waals surface area contributed by atoms with Crippen molar-refractivity contribution >= 4 is 5.78 Å². The van der Waals surface area contributed by atoms with Gasteiger partial charge in [-0.3, -0.25) is 4.79 Å². The first kappa shape index (κ1) is 12.6. The van der Waals surface area contributed by atoms with E-state index in [2.05, 4.69) is 13.0 Å². The van der Waals surface area contributed by atoms with Gasteiger partial charge in [-0.15, -0.1) is 0 Å². The summed E-state index contributed by atoms with van der Waals surface area (Å²) in [4.78, 5) is 12.5. The smallest absolute Gasteiger partial charge is 0.196 e. The third-order valence-electron chi connectivity index (χ3n) is 3.40. The van der Waals surface area contributed by atoms with Gasteiger partial charge in [0.05, 0.1) is 11.8 Å². The van der Waals surface area contributed by atoms with E-state index in [9.17, 15) is 4.79 Å². The van der Waals surface area contributed by atoms with E-state index in [1.54, 1.807) is 12.3 Å². The molecule has 0 aliphatic rings. The molecule has 2 nitrogen and oxygen atoms in total. The van der Waals surface area contributed by atoms with Gasteiger partial charge in [0.25, 0.3) is 0 Å². The van der Waals surface area contributed by atoms with Crippen LogP contribution in [0.4, 0.5) is 0 Å². The Labute approximate surface area is 108 Å². The van der Waals surface area contributed by atoms with Crippen LogP contribution in [0, 0.1) is 20.8 Å². The van der Waals surface area contributed by atoms with E-state index < -0.39 is 0 Å². The van der Waals surface area contributed by atoms with Crippen LogP contribution in [-0.2, 0) is 6.42 Å². The van der Waals surface area contributed by atoms with E-state index in [4.69, 9.17) is 4.42 Å². The van der Waals surface area contributed by atoms with Crippen molar-refractivity contribution in [3.63, 3.8) is 0 Å². The monoisotopic (exact) mass is 242 g/mol. The molecular formula is C16H18O2. The average molecular weight is 242 g/mol. The van der Waals surface area contributed by atoms with Crippen molar-refractivity contribution in [2.24, 2.45) is 0 Å². The van der Waals surface area contributed by atoms with E-state index >= 15 is 0 Å². The molecule has 2 heteroatoms. The zero-order valence-corrected chi connectivity index (χ0v) is 11.3. The summed E-state index contributed by atoms with van der Waals surface area (Å²) in [5.41, 5.74) is 4.84. The minimum absolute atomic E-state index is 0.0567. The number of furan rings is 1. The molecule has 0 aliphatic heterocycles. The number of rotatable bonds is 3. The van der Waals surface area contributed by atoms with Gasteiger partial charge in [0, 0.05) is 12.0 Å². The topological polar surface area (TPSA) is 30.2 Å². The van der Waals surface area contributed by atoms with Crippen LogP contribution in [0.1, 0.15) is 45.3 Å². The Balaban J connectivity index is 2.50. The Morgan fingerprint density at radius 2 is 1.72 bits per heavy atom. The zero-order valence-electron chi connectivity index (χ0n) is 11.3. The molecule has 0 atom stereocenters. The van der Waals surface area contributed by atoms with E-state index in [1.165, 1.54) is 5.56 Å². The van der Waals surface area contributed by atoms with Crippen molar-refractivity contribution in [2.75, 3.05) is 0 Å². The van der Waals surface area contributed by atoms with Gasteiger partial charge in [-0.05, 0) is 49.6 Å². The van der Waals surface area contributed by atoms with Crippen LogP contribution in [0.2, 0.25) is 0 Å². The maximum atomic E-state index is 12.5. The molecule has 0 saturated carbocycles. The second kappa shape index (κ2) is 4.81. The van der Waals surface area contributed by atoms with Crippen LogP contribution >= 0.6 is 0 Å². The molecule has 0 N–H and O–H groups in total. The van der Waals surface area contributed by atoms with Crippen LogP contribution in [0.3, 0.4) is 0 Å². The number of ketones is 1. The Kier molecular flexibility index (Phi) is 3.37. The predicted molar refractivity (Wildman–Crippen MR) is 72.2 cm³/mol. The highest BCUT2D eigenvalue weighted by Gasteiger charge is 2.17. The van der Waals surface area contributed by atoms with Crippen LogP contribution in [0.5, 0.6) is 0 Å². The minimum atomic E-state index is 0.0567. The van der Waals surface area contributed by atoms with Gasteiger partial charge in [0.15, 0.2) is 5.78 Å². The number of benzene rings is 1. The molecule has 0 aliphatic carbocycles. The fourth-order valence-corrected chi connectivity index (χ4v) is 2.17. The summed E-state index contributed by atoms with van der Waals surface area (Å²) in [6, 6.07) is 5.80. The number of carbonyl (C=O) groups excluding carboxylic acids is 1. The summed E-state index contributed by atoms with van der Waals surface area (Å²) in [5, 5.41) is 0. The van der Waals surface area contributed by atoms with Gasteiger partial charge in [0.2, 0.25) is 0 Å². The summed E-state index contributed by atoms with van der Waals surface area (Å²) in [6.45, 7) is 8.06. The molecule has 1 aromatic carbocycles. The summed E-state index contributed by atoms with van der Waals surface area (Å²) in [7, 11) is 0. The second-order valence-electron chi connectivity index (χ2n) is 4.69. The number of aryl methyl sites for hydroxylation is 4. The Hall–Kier alpha value is -1.83. The molecule has 1 heterocycles. The fraction of sp³-hybridized carbons (Fsp3) is 0.312. The molecule has 1 aromatic heterocycles. The third kappa shape index (κ3) is 2.10. The molecule has 0 spiro atoms. The van der Waals surface area contributed by atoms with E-state index in [1.807, 2.05) is 26.8 Å². The van der Waals surface area contributed by atoms with Crippen molar-refractivity contribution in [2.45, 2.75) is 34.1 Å². The normalized spacial score (nSPS) is 10.7. The molecule has 0 bridgehead atoms. The van der Waals surface area contributed by atoms with Crippen molar-refractivity contribution in [3.05, 3.63) is 58.0 Å². The standard InChI is InChI=1S/C16H18O2/c1-5-15-13(6-7-18-15)16(17)14-9-11(3)10(2)8-12(14)4/h6-9H,5H2,1-4H3. The van der Waals surface area contributed by atoms with Gasteiger partial charge in [-0.25, -0.2) is 0 Å². The van der Waals surface area contributed by atoms with Crippen LogP contribution in [0.15, 0.2) is 28.9 Å². The molecular weight excluding hydrogens is 224 g/mol. The third-order valence-corrected chi connectivity index (χ3v) is 3.40. The van der Waals surface area contributed by atoms with Crippen molar-refractivity contribution in [1.29, 1.82) is 0 Å². The first-order chi connectivity index (χ1) is 8.54. The highest BCUT2D eigenvalue weighted by molar-refractivity contribution is 6.10. The van der Waals surface area contributed by atoms with Gasteiger partial charge < -0.3 is 4.42 Å². The lowest BCUT2D eigenvalue weighted by molar-refractivity contribution is 0.103. The quantitative estimate of drug-likeness (QED) is 0.761. The highest BCUT2D eigenvalue weighted by Crippen LogP contribution is 2.21. The zero-order chi connectivity index (χ0) is 13.3. The lowest BCUT2D eigenvalue weighted by atomic mass is 9.94. The van der Waals surface area contributed by atoms with Crippen LogP contribution < -0.4 is 0 Å². The first-order valence-electron chi connectivity index (χ1n) is 6.23. The summed E-state index contributed by atoms with van der Waals surface area (Å²) in [6.07, 6.45) is 2.32. The Morgan fingerprint density at radius 3 is 2.39 bits per heavy atom. The number of hydrogen-bond acceptors (Lipinski definition) is 2. The average Bonchev–Trinajstić information content (AvgIpc) is 2.81. The van der Waals surface area contributed by atoms with E-state index in [0.29, 0.717) is 5.56 Å². The van der Waals surface area contributed by atoms with Crippen molar-refractivity contribution < 1.29 is 9.21 Å². The number of carbonyl (C=O) groups is 1. The van der Waals surface area contributed by atoms with Gasteiger partial charge in [-0.2, -0.15) is 0 Å². The van der Waals surface area contributed by atoms with Gasteiger partial charge in [0.1, 0.15) is 5.76 Å². The number of hydrogen-bond donors (Lipinski definition) is 0. The molecule has 0 amide bonds. The van der Waals surface area contributed by atoms with E-state index in [-0.39, 0.29) is 5.78 Å². The molecule has 2 aromatic rings. The Morgan fingerprint density at radius 1 is 1.06 bits per heavy atom. The minimum Gasteiger partial charge on any atom is -0.469 e. The molecule has 0 fully saturated rings. The molecule has 94 valence electrons. The Bertz CT molecular complexity index is 591. The summed E-state index contributed by atoms with van der Waals surface area (Å²) >= 11 is 0. The predicted octanol–water partition coefficient (Wildman–Crippen LogP) is 4.00. The van der Waals surface area contributed by atoms with Crippen LogP contribution in [0.25, 0.3) is 0 Å². The fourth-order valence-electron chi connectivity index (χ4n) is 2.17. The van der Waals surface area contributed by atoms with Crippen LogP contribution in [-0.4, -0.2) is 5.78 Å². The summed E-state index contributed by atoms with van der Waals surface area (Å²) in [5.74, 6) is 0.818. The van der Waals surface area contributed by atoms with Crippen molar-refractivity contribution in [1.82, 2.24) is 0 Å². The van der Waals surface area contributed by atoms with Crippen molar-refractivity contribution in [3.8, 4) is 0 Å². The SMILES string of the molecule is CCc1occc1C(=O)c1cc(C)c(C)cc1C. The van der Waals surface area contributed by atoms with Gasteiger partial charge >= 0.3 is 0 Å². The maximum Gasteiger partial charge on any atom is 0.196 e. The van der Waals surface area contributed by atoms with Gasteiger partial charge in [-0.1, -0.05) is 13.0 Å². The molecule has 2 rings (SSSR count). The summed E-state index contributed by atoms with van der Waals surface area (Å²) < 4.78 is 5.33. The molecule has 18 heavy (non-hydrogen) atoms. The molecule has 0 radical (unpaired) electrons. The second-order valence-corrected chi connectivity index (χ2v) is 4.69. The maximum absolute atomic E-state index is 12.5. The first-order valence-corrected chi connectivity index (χ1v) is 6.23. The molecule has 0 saturated heterocycles. The highest BCUT2D eigenvalue weighted by atomic mass is 16.3. The van der Waals surface area contributed by atoms with E-state index in [0.717, 1.165) is 28.9 Å².